The molecule has 9 rings (SSSR count). The fourth-order valence-electron chi connectivity index (χ4n) is 7.94. The van der Waals surface area contributed by atoms with Gasteiger partial charge in [-0.1, -0.05) is 48.5 Å². The Bertz CT molecular complexity index is 3310. The van der Waals surface area contributed by atoms with Gasteiger partial charge < -0.3 is 9.13 Å². The van der Waals surface area contributed by atoms with E-state index in [4.69, 9.17) is 0 Å². The van der Waals surface area contributed by atoms with Gasteiger partial charge in [0.2, 0.25) is 0 Å². The lowest BCUT2D eigenvalue weighted by Crippen LogP contribution is -2.12. The molecule has 0 bridgehead atoms. The van der Waals surface area contributed by atoms with E-state index in [1.165, 1.54) is 12.1 Å². The van der Waals surface area contributed by atoms with Crippen LogP contribution >= 0.6 is 0 Å². The Kier molecular flexibility index (Phi) is 8.13. The Hall–Kier alpha value is -7.81. The van der Waals surface area contributed by atoms with Gasteiger partial charge in [-0.2, -0.15) is 42.1 Å². The largest absolute Gasteiger partial charge is 0.417 e. The van der Waals surface area contributed by atoms with E-state index < -0.39 is 29.0 Å². The van der Waals surface area contributed by atoms with Crippen molar-refractivity contribution in [2.45, 2.75) is 12.4 Å². The number of hydrogen-bond donors (Lipinski definition) is 0. The molecule has 0 amide bonds. The van der Waals surface area contributed by atoms with Gasteiger partial charge in [-0.25, -0.2) is 0 Å². The zero-order chi connectivity index (χ0) is 40.5. The molecule has 0 radical (unpaired) electrons. The number of hydrogen-bond acceptors (Lipinski definition) is 3. The number of alkyl halides is 6. The van der Waals surface area contributed by atoms with Crippen LogP contribution in [0.5, 0.6) is 0 Å². The molecule has 0 saturated carbocycles. The molecule has 0 saturated heterocycles. The van der Waals surface area contributed by atoms with Gasteiger partial charge in [0.1, 0.15) is 0 Å². The highest BCUT2D eigenvalue weighted by molar-refractivity contribution is 6.12. The van der Waals surface area contributed by atoms with Crippen LogP contribution in [-0.4, -0.2) is 9.13 Å². The molecule has 11 heteroatoms. The van der Waals surface area contributed by atoms with E-state index >= 15 is 0 Å². The number of fused-ring (bicyclic) bond motifs is 6. The first kappa shape index (κ1) is 35.9. The van der Waals surface area contributed by atoms with Gasteiger partial charge in [0, 0.05) is 32.7 Å². The molecular formula is C47H23F6N5. The normalized spacial score (nSPS) is 11.9. The number of rotatable bonds is 4. The Balaban J connectivity index is 1.43. The van der Waals surface area contributed by atoms with Gasteiger partial charge in [-0.05, 0) is 102 Å². The number of nitriles is 3. The van der Waals surface area contributed by atoms with E-state index in [-0.39, 0.29) is 17.2 Å². The second-order valence-corrected chi connectivity index (χ2v) is 13.7. The van der Waals surface area contributed by atoms with Crippen molar-refractivity contribution in [2.24, 2.45) is 0 Å². The maximum atomic E-state index is 14.7. The van der Waals surface area contributed by atoms with E-state index in [9.17, 15) is 42.1 Å². The van der Waals surface area contributed by atoms with Gasteiger partial charge in [-0.15, -0.1) is 0 Å². The van der Waals surface area contributed by atoms with Crippen LogP contribution in [0.1, 0.15) is 27.8 Å². The minimum absolute atomic E-state index is 0.0125. The zero-order valence-electron chi connectivity index (χ0n) is 29.8. The zero-order valence-corrected chi connectivity index (χ0v) is 29.8. The lowest BCUT2D eigenvalue weighted by atomic mass is 9.92. The highest BCUT2D eigenvalue weighted by atomic mass is 19.4. The van der Waals surface area contributed by atoms with Gasteiger partial charge in [0.25, 0.3) is 0 Å². The fourth-order valence-corrected chi connectivity index (χ4v) is 7.94. The molecule has 0 aliphatic carbocycles. The molecule has 5 nitrogen and oxygen atoms in total. The minimum Gasteiger partial charge on any atom is -0.309 e. The van der Waals surface area contributed by atoms with Crippen LogP contribution in [0.15, 0.2) is 140 Å². The van der Waals surface area contributed by atoms with Crippen LogP contribution in [-0.2, 0) is 12.4 Å². The average molecular weight is 772 g/mol. The van der Waals surface area contributed by atoms with Gasteiger partial charge in [0.15, 0.2) is 0 Å². The summed E-state index contributed by atoms with van der Waals surface area (Å²) in [7, 11) is 0. The van der Waals surface area contributed by atoms with Crippen molar-refractivity contribution in [3.63, 3.8) is 0 Å². The molecule has 58 heavy (non-hydrogen) atoms. The van der Waals surface area contributed by atoms with E-state index in [0.29, 0.717) is 56.2 Å². The van der Waals surface area contributed by atoms with Crippen molar-refractivity contribution in [3.05, 3.63) is 167 Å². The third-order valence-corrected chi connectivity index (χ3v) is 10.5. The van der Waals surface area contributed by atoms with Crippen molar-refractivity contribution in [2.75, 3.05) is 0 Å². The van der Waals surface area contributed by atoms with Crippen LogP contribution in [0.25, 0.3) is 77.2 Å². The van der Waals surface area contributed by atoms with E-state index in [0.717, 1.165) is 33.1 Å². The van der Waals surface area contributed by atoms with Crippen molar-refractivity contribution >= 4 is 43.6 Å². The van der Waals surface area contributed by atoms with Crippen molar-refractivity contribution in [1.82, 2.24) is 9.13 Å². The molecule has 278 valence electrons. The number of para-hydroxylation sites is 2. The maximum Gasteiger partial charge on any atom is 0.417 e. The summed E-state index contributed by atoms with van der Waals surface area (Å²) in [5.74, 6) is 0. The summed E-state index contributed by atoms with van der Waals surface area (Å²) >= 11 is 0. The number of nitrogens with zero attached hydrogens (tertiary/aromatic N) is 5. The smallest absolute Gasteiger partial charge is 0.309 e. The van der Waals surface area contributed by atoms with Gasteiger partial charge in [0.05, 0.1) is 79.5 Å². The molecule has 0 spiro atoms. The number of halogens is 6. The van der Waals surface area contributed by atoms with Crippen LogP contribution in [0.2, 0.25) is 0 Å². The lowest BCUT2D eigenvalue weighted by molar-refractivity contribution is -0.142. The standard InChI is InChI=1S/C47H23F6N5/c48-46(49,50)31-13-14-32(39(23-31)47(51,52)53)30-12-18-45(58-41-8-4-2-6-34(41)36-20-28(25-55)10-16-43(36)58)38(22-30)37-21-29(26-56)11-17-44(37)57-40-7-3-1-5-33(40)35-19-27(24-54)9-15-42(35)57/h1-23H. The highest BCUT2D eigenvalue weighted by Gasteiger charge is 2.38. The van der Waals surface area contributed by atoms with Crippen molar-refractivity contribution in [1.29, 1.82) is 15.8 Å². The molecule has 7 aromatic carbocycles. The van der Waals surface area contributed by atoms with Crippen LogP contribution in [0.4, 0.5) is 26.3 Å². The quantitative estimate of drug-likeness (QED) is 0.167. The van der Waals surface area contributed by atoms with Gasteiger partial charge >= 0.3 is 12.4 Å². The third-order valence-electron chi connectivity index (χ3n) is 10.5. The molecule has 0 atom stereocenters. The highest BCUT2D eigenvalue weighted by Crippen LogP contribution is 2.46. The van der Waals surface area contributed by atoms with Crippen molar-refractivity contribution in [3.8, 4) is 51.8 Å². The first-order valence-corrected chi connectivity index (χ1v) is 17.7. The molecule has 2 aromatic heterocycles. The summed E-state index contributed by atoms with van der Waals surface area (Å²) in [6.45, 7) is 0. The monoisotopic (exact) mass is 771 g/mol. The molecule has 0 N–H and O–H groups in total. The molecule has 9 aromatic rings. The molecule has 0 fully saturated rings. The molecule has 2 heterocycles. The minimum atomic E-state index is -5.14. The summed E-state index contributed by atoms with van der Waals surface area (Å²) in [6, 6.07) is 43.2. The lowest BCUT2D eigenvalue weighted by Gasteiger charge is -2.21. The Morgan fingerprint density at radius 2 is 0.862 bits per heavy atom. The predicted octanol–water partition coefficient (Wildman–Crippen LogP) is 12.9. The van der Waals surface area contributed by atoms with Crippen LogP contribution < -0.4 is 0 Å². The predicted molar refractivity (Wildman–Crippen MR) is 210 cm³/mol. The summed E-state index contributed by atoms with van der Waals surface area (Å²) in [5, 5.41) is 32.9. The second-order valence-electron chi connectivity index (χ2n) is 13.7. The molecular weight excluding hydrogens is 749 g/mol. The van der Waals surface area contributed by atoms with E-state index in [1.54, 1.807) is 54.6 Å². The molecule has 0 unspecified atom stereocenters. The van der Waals surface area contributed by atoms with Crippen LogP contribution in [0, 0.1) is 34.0 Å². The molecule has 0 aliphatic rings. The first-order valence-electron chi connectivity index (χ1n) is 17.7. The van der Waals surface area contributed by atoms with Crippen molar-refractivity contribution < 1.29 is 26.3 Å². The maximum absolute atomic E-state index is 14.7. The Morgan fingerprint density at radius 1 is 0.397 bits per heavy atom. The molecule has 0 aliphatic heterocycles. The third kappa shape index (κ3) is 5.70. The fraction of sp³-hybridized carbons (Fsp3) is 0.0426. The summed E-state index contributed by atoms with van der Waals surface area (Å²) < 4.78 is 89.3. The Labute approximate surface area is 325 Å². The summed E-state index contributed by atoms with van der Waals surface area (Å²) in [5.41, 5.74) is 2.43. The first-order chi connectivity index (χ1) is 27.9. The van der Waals surface area contributed by atoms with E-state index in [1.807, 2.05) is 63.7 Å². The van der Waals surface area contributed by atoms with Crippen LogP contribution in [0.3, 0.4) is 0 Å². The topological polar surface area (TPSA) is 81.2 Å². The summed E-state index contributed by atoms with van der Waals surface area (Å²) in [6.07, 6.45) is -10.2. The van der Waals surface area contributed by atoms with Gasteiger partial charge in [-0.3, -0.25) is 0 Å². The number of aromatic nitrogens is 2. The Morgan fingerprint density at radius 3 is 1.38 bits per heavy atom. The SMILES string of the molecule is N#Cc1ccc(-n2c3ccccc3c3cc(C#N)ccc32)c(-c2cc(-c3ccc(C(F)(F)F)cc3C(F)(F)F)ccc2-n2c3ccccc3c3cc(C#N)ccc32)c1. The van der Waals surface area contributed by atoms with E-state index in [2.05, 4.69) is 18.2 Å². The number of benzene rings is 7. The summed E-state index contributed by atoms with van der Waals surface area (Å²) in [4.78, 5) is 0. The average Bonchev–Trinajstić information content (AvgIpc) is 3.74. The second kappa shape index (κ2) is 13.2.